The first-order chi connectivity index (χ1) is 17.3. The highest BCUT2D eigenvalue weighted by Gasteiger charge is 2.11. The standard InChI is InChI=1S/C24H29N5O7/c1-4-28(19-5-6-20-17(14-30)11-22(31)36-21(20)12-19)8-9-29-13-18(26-27-29)15-35-24(33)25-7-10-34-23(32)16(2)3/h5-6,11-13,30H,2,4,7-10,14-15H2,1,3H3,(H,25,33). The normalized spacial score (nSPS) is 10.8. The molecule has 0 aliphatic carbocycles. The molecule has 0 unspecified atom stereocenters. The van der Waals surface area contributed by atoms with E-state index >= 15 is 0 Å². The molecule has 3 aromatic rings. The highest BCUT2D eigenvalue weighted by molar-refractivity contribution is 5.87. The number of aliphatic hydroxyl groups excluding tert-OH is 1. The molecule has 0 aliphatic heterocycles. The lowest BCUT2D eigenvalue weighted by atomic mass is 10.1. The number of hydrogen-bond donors (Lipinski definition) is 2. The van der Waals surface area contributed by atoms with E-state index in [0.717, 1.165) is 5.69 Å². The number of nitrogens with zero attached hydrogens (tertiary/aromatic N) is 4. The van der Waals surface area contributed by atoms with Gasteiger partial charge in [0, 0.05) is 41.9 Å². The van der Waals surface area contributed by atoms with Crippen molar-refractivity contribution in [2.45, 2.75) is 33.6 Å². The molecule has 0 atom stereocenters. The lowest BCUT2D eigenvalue weighted by Crippen LogP contribution is -2.28. The number of carbonyl (C=O) groups excluding carboxylic acids is 2. The number of esters is 1. The maximum absolute atomic E-state index is 11.8. The fourth-order valence-electron chi connectivity index (χ4n) is 3.36. The van der Waals surface area contributed by atoms with Crippen molar-refractivity contribution in [3.63, 3.8) is 0 Å². The van der Waals surface area contributed by atoms with Crippen LogP contribution in [0.3, 0.4) is 0 Å². The molecule has 3 rings (SSSR count). The second-order valence-electron chi connectivity index (χ2n) is 7.90. The first-order valence-corrected chi connectivity index (χ1v) is 11.4. The third-order valence-corrected chi connectivity index (χ3v) is 5.22. The van der Waals surface area contributed by atoms with Crippen molar-refractivity contribution in [2.75, 3.05) is 31.1 Å². The van der Waals surface area contributed by atoms with Gasteiger partial charge in [0.2, 0.25) is 0 Å². The van der Waals surface area contributed by atoms with Crippen LogP contribution in [0.15, 0.2) is 51.8 Å². The Labute approximate surface area is 207 Å². The van der Waals surface area contributed by atoms with Gasteiger partial charge in [0.05, 0.1) is 25.9 Å². The topological polar surface area (TPSA) is 149 Å². The zero-order valence-corrected chi connectivity index (χ0v) is 20.2. The summed E-state index contributed by atoms with van der Waals surface area (Å²) in [5.41, 5.74) is 2.04. The van der Waals surface area contributed by atoms with E-state index in [1.807, 2.05) is 19.1 Å². The average molecular weight is 500 g/mol. The number of aromatic nitrogens is 3. The number of likely N-dealkylation sites (N-methyl/N-ethyl adjacent to an activating group) is 1. The lowest BCUT2D eigenvalue weighted by molar-refractivity contribution is -0.138. The van der Waals surface area contributed by atoms with Crippen LogP contribution in [-0.2, 0) is 34.0 Å². The third-order valence-electron chi connectivity index (χ3n) is 5.22. The van der Waals surface area contributed by atoms with Crippen molar-refractivity contribution in [3.05, 3.63) is 64.3 Å². The van der Waals surface area contributed by atoms with Crippen LogP contribution in [0, 0.1) is 0 Å². The predicted molar refractivity (Wildman–Crippen MR) is 130 cm³/mol. The summed E-state index contributed by atoms with van der Waals surface area (Å²) in [5.74, 6) is -0.522. The Morgan fingerprint density at radius 2 is 2.08 bits per heavy atom. The van der Waals surface area contributed by atoms with Crippen LogP contribution in [-0.4, -0.2) is 58.4 Å². The first-order valence-electron chi connectivity index (χ1n) is 11.4. The van der Waals surface area contributed by atoms with E-state index in [0.29, 0.717) is 41.9 Å². The van der Waals surface area contributed by atoms with Gasteiger partial charge in [0.1, 0.15) is 24.5 Å². The largest absolute Gasteiger partial charge is 0.460 e. The van der Waals surface area contributed by atoms with Crippen LogP contribution < -0.4 is 15.8 Å². The SMILES string of the molecule is C=C(C)C(=O)OCCNC(=O)OCc1cn(CCN(CC)c2ccc3c(CO)cc(=O)oc3c2)nn1. The molecule has 2 N–H and O–H groups in total. The Morgan fingerprint density at radius 1 is 1.28 bits per heavy atom. The number of benzene rings is 1. The monoisotopic (exact) mass is 499 g/mol. The minimum absolute atomic E-state index is 0.0108. The molecule has 0 spiro atoms. The minimum Gasteiger partial charge on any atom is -0.460 e. The van der Waals surface area contributed by atoms with E-state index in [2.05, 4.69) is 27.1 Å². The maximum Gasteiger partial charge on any atom is 0.407 e. The van der Waals surface area contributed by atoms with Gasteiger partial charge in [-0.25, -0.2) is 14.4 Å². The molecule has 0 bridgehead atoms. The lowest BCUT2D eigenvalue weighted by Gasteiger charge is -2.23. The number of carbonyl (C=O) groups is 2. The molecular formula is C24H29N5O7. The third kappa shape index (κ3) is 7.15. The van der Waals surface area contributed by atoms with Crippen molar-refractivity contribution in [2.24, 2.45) is 0 Å². The van der Waals surface area contributed by atoms with Gasteiger partial charge in [-0.15, -0.1) is 5.10 Å². The minimum atomic E-state index is -0.666. The molecule has 0 saturated carbocycles. The summed E-state index contributed by atoms with van der Waals surface area (Å²) in [7, 11) is 0. The fraction of sp³-hybridized carbons (Fsp3) is 0.375. The number of aliphatic hydroxyl groups is 1. The number of fused-ring (bicyclic) bond motifs is 1. The molecule has 1 amide bonds. The molecule has 192 valence electrons. The number of ether oxygens (including phenoxy) is 2. The Morgan fingerprint density at radius 3 is 2.81 bits per heavy atom. The van der Waals surface area contributed by atoms with Crippen molar-refractivity contribution < 1.29 is 28.6 Å². The maximum atomic E-state index is 11.8. The summed E-state index contributed by atoms with van der Waals surface area (Å²) < 4.78 is 16.9. The molecular weight excluding hydrogens is 470 g/mol. The van der Waals surface area contributed by atoms with Crippen LogP contribution in [0.5, 0.6) is 0 Å². The molecule has 0 saturated heterocycles. The zero-order valence-electron chi connectivity index (χ0n) is 20.2. The summed E-state index contributed by atoms with van der Waals surface area (Å²) in [6.45, 7) is 8.63. The van der Waals surface area contributed by atoms with Gasteiger partial charge in [-0.3, -0.25) is 4.68 Å². The Bertz CT molecular complexity index is 1280. The molecule has 0 fully saturated rings. The van der Waals surface area contributed by atoms with E-state index in [9.17, 15) is 19.5 Å². The molecule has 1 aromatic carbocycles. The van der Waals surface area contributed by atoms with Crippen LogP contribution in [0.1, 0.15) is 25.1 Å². The van der Waals surface area contributed by atoms with Crippen molar-refractivity contribution in [1.29, 1.82) is 0 Å². The molecule has 36 heavy (non-hydrogen) atoms. The summed E-state index contributed by atoms with van der Waals surface area (Å²) >= 11 is 0. The predicted octanol–water partition coefficient (Wildman–Crippen LogP) is 1.75. The molecule has 12 nitrogen and oxygen atoms in total. The van der Waals surface area contributed by atoms with E-state index in [4.69, 9.17) is 13.9 Å². The van der Waals surface area contributed by atoms with Gasteiger partial charge >= 0.3 is 17.7 Å². The number of nitrogens with one attached hydrogen (secondary N) is 1. The molecule has 2 heterocycles. The van der Waals surface area contributed by atoms with Crippen LogP contribution in [0.25, 0.3) is 11.0 Å². The van der Waals surface area contributed by atoms with Gasteiger partial charge in [-0.05, 0) is 31.5 Å². The molecule has 12 heteroatoms. The second-order valence-corrected chi connectivity index (χ2v) is 7.90. The second kappa shape index (κ2) is 12.5. The highest BCUT2D eigenvalue weighted by Crippen LogP contribution is 2.24. The number of anilines is 1. The molecule has 0 radical (unpaired) electrons. The number of rotatable bonds is 12. The van der Waals surface area contributed by atoms with E-state index in [1.54, 1.807) is 16.9 Å². The quantitative estimate of drug-likeness (QED) is 0.163. The fourth-order valence-corrected chi connectivity index (χ4v) is 3.36. The Hall–Kier alpha value is -4.19. The summed E-state index contributed by atoms with van der Waals surface area (Å²) in [4.78, 5) is 36.9. The summed E-state index contributed by atoms with van der Waals surface area (Å²) in [6.07, 6.45) is 1.02. The van der Waals surface area contributed by atoms with Crippen LogP contribution in [0.4, 0.5) is 10.5 Å². The number of alkyl carbamates (subject to hydrolysis) is 1. The average Bonchev–Trinajstić information content (AvgIpc) is 3.32. The number of hydrogen-bond acceptors (Lipinski definition) is 10. The van der Waals surface area contributed by atoms with E-state index < -0.39 is 17.7 Å². The van der Waals surface area contributed by atoms with Crippen molar-refractivity contribution >= 4 is 28.7 Å². The van der Waals surface area contributed by atoms with Gasteiger partial charge in [0.25, 0.3) is 0 Å². The first kappa shape index (κ1) is 26.4. The highest BCUT2D eigenvalue weighted by atomic mass is 16.6. The van der Waals surface area contributed by atoms with Gasteiger partial charge < -0.3 is 29.2 Å². The molecule has 0 aliphatic rings. The van der Waals surface area contributed by atoms with Gasteiger partial charge in [-0.1, -0.05) is 11.8 Å². The zero-order chi connectivity index (χ0) is 26.1. The van der Waals surface area contributed by atoms with E-state index in [1.165, 1.54) is 13.0 Å². The Balaban J connectivity index is 1.49. The van der Waals surface area contributed by atoms with Crippen LogP contribution >= 0.6 is 0 Å². The smallest absolute Gasteiger partial charge is 0.407 e. The summed E-state index contributed by atoms with van der Waals surface area (Å²) in [6, 6.07) is 6.79. The molecule has 2 aromatic heterocycles. The summed E-state index contributed by atoms with van der Waals surface area (Å²) in [5, 5.41) is 20.7. The van der Waals surface area contributed by atoms with Crippen molar-refractivity contribution in [3.8, 4) is 0 Å². The van der Waals surface area contributed by atoms with E-state index in [-0.39, 0.29) is 31.9 Å². The van der Waals surface area contributed by atoms with Crippen LogP contribution in [0.2, 0.25) is 0 Å². The Kier molecular flexibility index (Phi) is 9.17. The number of amides is 1. The van der Waals surface area contributed by atoms with Crippen molar-refractivity contribution in [1.82, 2.24) is 20.3 Å². The van der Waals surface area contributed by atoms with Gasteiger partial charge in [0.15, 0.2) is 0 Å². The van der Waals surface area contributed by atoms with Gasteiger partial charge in [-0.2, -0.15) is 0 Å².